The number of hydrogen-bond donors (Lipinski definition) is 1. The maximum Gasteiger partial charge on any atom is 0.344 e. The Bertz CT molecular complexity index is 508. The molecule has 0 atom stereocenters. The molecule has 0 aliphatic carbocycles. The molecule has 0 unspecified atom stereocenters. The predicted octanol–water partition coefficient (Wildman–Crippen LogP) is 1.77. The summed E-state index contributed by atoms with van der Waals surface area (Å²) >= 11 is 0. The molecule has 0 saturated carbocycles. The van der Waals surface area contributed by atoms with Crippen LogP contribution >= 0.6 is 0 Å². The van der Waals surface area contributed by atoms with Gasteiger partial charge in [0.05, 0.1) is 11.0 Å². The highest BCUT2D eigenvalue weighted by Gasteiger charge is 2.18. The van der Waals surface area contributed by atoms with Gasteiger partial charge in [-0.2, -0.15) is 0 Å². The van der Waals surface area contributed by atoms with Gasteiger partial charge in [-0.25, -0.2) is 4.79 Å². The van der Waals surface area contributed by atoms with Gasteiger partial charge in [0.2, 0.25) is 0 Å². The smallest absolute Gasteiger partial charge is 0.344 e. The number of nitrogens with two attached hydrogens (primary N) is 1. The maximum absolute atomic E-state index is 11.5. The largest absolute Gasteiger partial charge is 0.482 e. The van der Waals surface area contributed by atoms with E-state index in [0.29, 0.717) is 5.56 Å². The Hall–Kier alpha value is -2.15. The highest BCUT2D eigenvalue weighted by molar-refractivity contribution is 5.71. The van der Waals surface area contributed by atoms with Crippen LogP contribution in [0.3, 0.4) is 0 Å². The van der Waals surface area contributed by atoms with Crippen LogP contribution in [-0.4, -0.2) is 23.1 Å². The van der Waals surface area contributed by atoms with E-state index in [-0.39, 0.29) is 24.6 Å². The van der Waals surface area contributed by atoms with Crippen LogP contribution < -0.4 is 10.5 Å². The second kappa shape index (κ2) is 6.33. The average Bonchev–Trinajstić information content (AvgIpc) is 2.33. The van der Waals surface area contributed by atoms with Crippen LogP contribution in [0.15, 0.2) is 18.2 Å². The molecular weight excluding hydrogens is 264 g/mol. The topological polar surface area (TPSA) is 105 Å². The van der Waals surface area contributed by atoms with E-state index in [1.54, 1.807) is 20.8 Å². The Morgan fingerprint density at radius 3 is 2.55 bits per heavy atom. The van der Waals surface area contributed by atoms with Crippen LogP contribution in [-0.2, 0) is 16.1 Å². The van der Waals surface area contributed by atoms with Crippen molar-refractivity contribution in [2.24, 2.45) is 5.73 Å². The normalized spacial score (nSPS) is 11.0. The molecule has 1 rings (SSSR count). The predicted molar refractivity (Wildman–Crippen MR) is 72.3 cm³/mol. The van der Waals surface area contributed by atoms with Crippen molar-refractivity contribution < 1.29 is 19.2 Å². The van der Waals surface area contributed by atoms with Gasteiger partial charge in [-0.3, -0.25) is 10.1 Å². The molecule has 0 aromatic heterocycles. The molecule has 0 radical (unpaired) electrons. The lowest BCUT2D eigenvalue weighted by molar-refractivity contribution is -0.385. The van der Waals surface area contributed by atoms with E-state index in [9.17, 15) is 14.9 Å². The van der Waals surface area contributed by atoms with Gasteiger partial charge in [0, 0.05) is 12.1 Å². The molecule has 7 heteroatoms. The Labute approximate surface area is 116 Å². The minimum atomic E-state index is -0.601. The lowest BCUT2D eigenvalue weighted by Gasteiger charge is -2.19. The molecule has 0 saturated heterocycles. The summed E-state index contributed by atoms with van der Waals surface area (Å²) in [5.41, 5.74) is 5.08. The highest BCUT2D eigenvalue weighted by Crippen LogP contribution is 2.24. The molecule has 1 aromatic carbocycles. The first-order valence-corrected chi connectivity index (χ1v) is 6.05. The summed E-state index contributed by atoms with van der Waals surface area (Å²) in [5, 5.41) is 10.9. The quantitative estimate of drug-likeness (QED) is 0.501. The van der Waals surface area contributed by atoms with E-state index >= 15 is 0 Å². The molecule has 0 aliphatic heterocycles. The minimum Gasteiger partial charge on any atom is -0.482 e. The Balaban J connectivity index is 2.72. The Morgan fingerprint density at radius 2 is 2.05 bits per heavy atom. The summed E-state index contributed by atoms with van der Waals surface area (Å²) in [6.45, 7) is 4.97. The van der Waals surface area contributed by atoms with Crippen molar-refractivity contribution in [1.29, 1.82) is 0 Å². The molecule has 110 valence electrons. The highest BCUT2D eigenvalue weighted by atomic mass is 16.6. The number of nitro benzene ring substituents is 1. The van der Waals surface area contributed by atoms with Crippen LogP contribution in [0.2, 0.25) is 0 Å². The van der Waals surface area contributed by atoms with Crippen LogP contribution in [0, 0.1) is 10.1 Å². The first-order valence-electron chi connectivity index (χ1n) is 6.05. The lowest BCUT2D eigenvalue weighted by Crippen LogP contribution is -2.27. The van der Waals surface area contributed by atoms with Crippen molar-refractivity contribution >= 4 is 11.7 Å². The van der Waals surface area contributed by atoms with E-state index in [0.717, 1.165) is 0 Å². The number of nitrogens with zero attached hydrogens (tertiary/aromatic N) is 1. The van der Waals surface area contributed by atoms with Crippen molar-refractivity contribution in [1.82, 2.24) is 0 Å². The fourth-order valence-corrected chi connectivity index (χ4v) is 1.49. The first kappa shape index (κ1) is 15.9. The molecule has 0 amide bonds. The van der Waals surface area contributed by atoms with Gasteiger partial charge < -0.3 is 15.2 Å². The van der Waals surface area contributed by atoms with Crippen LogP contribution in [0.25, 0.3) is 0 Å². The molecule has 7 nitrogen and oxygen atoms in total. The molecule has 2 N–H and O–H groups in total. The fourth-order valence-electron chi connectivity index (χ4n) is 1.49. The van der Waals surface area contributed by atoms with E-state index in [4.69, 9.17) is 15.2 Å². The van der Waals surface area contributed by atoms with Crippen LogP contribution in [0.1, 0.15) is 26.3 Å². The third-order valence-electron chi connectivity index (χ3n) is 2.25. The molecule has 20 heavy (non-hydrogen) atoms. The van der Waals surface area contributed by atoms with Crippen molar-refractivity contribution in [2.45, 2.75) is 32.9 Å². The number of carbonyl (C=O) groups is 1. The molecule has 0 heterocycles. The molecule has 0 spiro atoms. The van der Waals surface area contributed by atoms with Crippen molar-refractivity contribution in [3.8, 4) is 5.75 Å². The molecule has 0 bridgehead atoms. The molecule has 0 aliphatic rings. The Morgan fingerprint density at radius 1 is 1.40 bits per heavy atom. The van der Waals surface area contributed by atoms with Crippen LogP contribution in [0.5, 0.6) is 5.75 Å². The van der Waals surface area contributed by atoms with E-state index in [1.807, 2.05) is 0 Å². The third-order valence-corrected chi connectivity index (χ3v) is 2.25. The van der Waals surface area contributed by atoms with Crippen molar-refractivity contribution in [3.63, 3.8) is 0 Å². The van der Waals surface area contributed by atoms with Gasteiger partial charge in [-0.1, -0.05) is 0 Å². The van der Waals surface area contributed by atoms with E-state index in [2.05, 4.69) is 0 Å². The van der Waals surface area contributed by atoms with Gasteiger partial charge in [0.25, 0.3) is 5.69 Å². The third kappa shape index (κ3) is 4.85. The summed E-state index contributed by atoms with van der Waals surface area (Å²) < 4.78 is 10.2. The fraction of sp³-hybridized carbons (Fsp3) is 0.462. The van der Waals surface area contributed by atoms with E-state index in [1.165, 1.54) is 18.2 Å². The number of rotatable bonds is 5. The molecule has 1 aromatic rings. The standard InChI is InChI=1S/C13H18N2O5/c1-13(2,3)20-12(16)8-19-10-5-4-9(7-14)11(6-10)15(17)18/h4-6H,7-8,14H2,1-3H3. The van der Waals surface area contributed by atoms with Gasteiger partial charge in [-0.05, 0) is 32.9 Å². The maximum atomic E-state index is 11.5. The SMILES string of the molecule is CC(C)(C)OC(=O)COc1ccc(CN)c([N+](=O)[O-])c1. The molecule has 0 fully saturated rings. The van der Waals surface area contributed by atoms with Gasteiger partial charge >= 0.3 is 5.97 Å². The monoisotopic (exact) mass is 282 g/mol. The van der Waals surface area contributed by atoms with E-state index < -0.39 is 16.5 Å². The summed E-state index contributed by atoms with van der Waals surface area (Å²) in [6, 6.07) is 4.27. The number of carbonyl (C=O) groups excluding carboxylic acids is 1. The second-order valence-corrected chi connectivity index (χ2v) is 5.13. The number of benzene rings is 1. The zero-order valence-corrected chi connectivity index (χ0v) is 11.7. The van der Waals surface area contributed by atoms with Gasteiger partial charge in [-0.15, -0.1) is 0 Å². The van der Waals surface area contributed by atoms with Crippen LogP contribution in [0.4, 0.5) is 5.69 Å². The molecular formula is C13H18N2O5. The minimum absolute atomic E-state index is 0.0582. The van der Waals surface area contributed by atoms with Gasteiger partial charge in [0.1, 0.15) is 11.4 Å². The number of nitro groups is 1. The lowest BCUT2D eigenvalue weighted by atomic mass is 10.2. The number of esters is 1. The second-order valence-electron chi connectivity index (χ2n) is 5.13. The first-order chi connectivity index (χ1) is 9.23. The number of hydrogen-bond acceptors (Lipinski definition) is 6. The average molecular weight is 282 g/mol. The van der Waals surface area contributed by atoms with Gasteiger partial charge in [0.15, 0.2) is 6.61 Å². The zero-order valence-electron chi connectivity index (χ0n) is 11.7. The number of ether oxygens (including phenoxy) is 2. The summed E-state index contributed by atoms with van der Waals surface area (Å²) in [7, 11) is 0. The van der Waals surface area contributed by atoms with Crippen molar-refractivity contribution in [3.05, 3.63) is 33.9 Å². The summed E-state index contributed by atoms with van der Waals surface area (Å²) in [4.78, 5) is 21.8. The Kier molecular flexibility index (Phi) is 5.04. The summed E-state index contributed by atoms with van der Waals surface area (Å²) in [5.74, 6) is -0.317. The van der Waals surface area contributed by atoms with Crippen molar-refractivity contribution in [2.75, 3.05) is 6.61 Å². The zero-order chi connectivity index (χ0) is 15.3. The summed E-state index contributed by atoms with van der Waals surface area (Å²) in [6.07, 6.45) is 0.